The molecular weight excluding hydrogens is 215 g/mol. The van der Waals surface area contributed by atoms with Gasteiger partial charge in [0.05, 0.1) is 12.7 Å². The van der Waals surface area contributed by atoms with Crippen LogP contribution in [0.15, 0.2) is 6.07 Å². The lowest BCUT2D eigenvalue weighted by Gasteiger charge is -2.07. The van der Waals surface area contributed by atoms with E-state index in [0.717, 1.165) is 7.11 Å². The van der Waals surface area contributed by atoms with Gasteiger partial charge >= 0.3 is 0 Å². The predicted octanol–water partition coefficient (Wildman–Crippen LogP) is 1.75. The van der Waals surface area contributed by atoms with Gasteiger partial charge in [-0.25, -0.2) is 8.78 Å². The first-order chi connectivity index (χ1) is 6.49. The normalized spacial score (nSPS) is 10.0. The van der Waals surface area contributed by atoms with Crippen LogP contribution in [0.4, 0.5) is 13.2 Å². The van der Waals surface area contributed by atoms with Crippen LogP contribution in [0.1, 0.15) is 5.56 Å². The molecule has 2 N–H and O–H groups in total. The molecule has 1 rings (SSSR count). The topological polar surface area (TPSA) is 35.2 Å². The van der Waals surface area contributed by atoms with Crippen LogP contribution in [-0.4, -0.2) is 12.1 Å². The number of halogens is 3. The van der Waals surface area contributed by atoms with Crippen LogP contribution >= 0.6 is 12.2 Å². The lowest BCUT2D eigenvalue weighted by molar-refractivity contribution is 0.346. The summed E-state index contributed by atoms with van der Waals surface area (Å²) in [7, 11) is 1.02. The summed E-state index contributed by atoms with van der Waals surface area (Å²) in [6, 6.07) is 0.593. The van der Waals surface area contributed by atoms with Gasteiger partial charge in [-0.05, 0) is 6.07 Å². The van der Waals surface area contributed by atoms with Crippen LogP contribution in [0.5, 0.6) is 5.75 Å². The Bertz CT molecular complexity index is 395. The molecule has 6 heteroatoms. The minimum atomic E-state index is -1.40. The summed E-state index contributed by atoms with van der Waals surface area (Å²) in [5.74, 6) is -4.58. The van der Waals surface area contributed by atoms with Crippen molar-refractivity contribution in [2.24, 2.45) is 5.73 Å². The van der Waals surface area contributed by atoms with Crippen molar-refractivity contribution in [3.8, 4) is 5.75 Å². The minimum absolute atomic E-state index is 0.361. The highest BCUT2D eigenvalue weighted by Crippen LogP contribution is 2.26. The van der Waals surface area contributed by atoms with Crippen LogP contribution < -0.4 is 10.5 Å². The van der Waals surface area contributed by atoms with Crippen LogP contribution in [0.25, 0.3) is 0 Å². The smallest absolute Gasteiger partial charge is 0.203 e. The van der Waals surface area contributed by atoms with Gasteiger partial charge < -0.3 is 10.5 Å². The third-order valence-electron chi connectivity index (χ3n) is 1.59. The standard InChI is InChI=1S/C8H6F3NOS/c1-13-7-5(10)3(8(12)14)2-4(9)6(7)11/h2H,1H3,(H2,12,14). The monoisotopic (exact) mass is 221 g/mol. The molecule has 0 aliphatic rings. The number of thiocarbonyl (C=S) groups is 1. The van der Waals surface area contributed by atoms with E-state index >= 15 is 0 Å². The number of benzene rings is 1. The number of nitrogens with two attached hydrogens (primary N) is 1. The highest BCUT2D eigenvalue weighted by molar-refractivity contribution is 7.80. The second kappa shape index (κ2) is 3.83. The fraction of sp³-hybridized carbons (Fsp3) is 0.125. The molecular formula is C8H6F3NOS. The van der Waals surface area contributed by atoms with Crippen molar-refractivity contribution in [2.75, 3.05) is 7.11 Å². The van der Waals surface area contributed by atoms with E-state index < -0.39 is 23.2 Å². The molecule has 0 radical (unpaired) electrons. The molecule has 1 aromatic carbocycles. The van der Waals surface area contributed by atoms with Crippen molar-refractivity contribution in [1.29, 1.82) is 0 Å². The van der Waals surface area contributed by atoms with Gasteiger partial charge in [-0.15, -0.1) is 0 Å². The van der Waals surface area contributed by atoms with Crippen LogP contribution in [-0.2, 0) is 0 Å². The number of rotatable bonds is 2. The highest BCUT2D eigenvalue weighted by atomic mass is 32.1. The molecule has 0 spiro atoms. The minimum Gasteiger partial charge on any atom is -0.491 e. The summed E-state index contributed by atoms with van der Waals surface area (Å²) < 4.78 is 43.3. The zero-order valence-electron chi connectivity index (χ0n) is 7.11. The largest absolute Gasteiger partial charge is 0.491 e. The molecule has 0 fully saturated rings. The fourth-order valence-electron chi connectivity index (χ4n) is 0.939. The first-order valence-electron chi connectivity index (χ1n) is 3.50. The molecule has 0 heterocycles. The third kappa shape index (κ3) is 1.65. The summed E-state index contributed by atoms with van der Waals surface area (Å²) in [5.41, 5.74) is 4.72. The Hall–Kier alpha value is -1.30. The Kier molecular flexibility index (Phi) is 2.95. The molecule has 0 bridgehead atoms. The molecule has 0 saturated carbocycles. The van der Waals surface area contributed by atoms with Crippen LogP contribution in [0.3, 0.4) is 0 Å². The van der Waals surface area contributed by atoms with Gasteiger partial charge in [0.2, 0.25) is 5.82 Å². The fourth-order valence-corrected chi connectivity index (χ4v) is 1.09. The first kappa shape index (κ1) is 10.8. The number of hydrogen-bond donors (Lipinski definition) is 1. The van der Waals surface area contributed by atoms with Gasteiger partial charge in [0, 0.05) is 0 Å². The van der Waals surface area contributed by atoms with Crippen LogP contribution in [0.2, 0.25) is 0 Å². The third-order valence-corrected chi connectivity index (χ3v) is 1.81. The van der Waals surface area contributed by atoms with E-state index in [9.17, 15) is 13.2 Å². The second-order valence-electron chi connectivity index (χ2n) is 2.43. The Morgan fingerprint density at radius 3 is 2.36 bits per heavy atom. The molecule has 2 nitrogen and oxygen atoms in total. The SMILES string of the molecule is COc1c(F)c(F)cc(C(N)=S)c1F. The lowest BCUT2D eigenvalue weighted by atomic mass is 10.2. The Labute approximate surface area is 83.5 Å². The van der Waals surface area contributed by atoms with Gasteiger partial charge in [0.1, 0.15) is 4.99 Å². The molecule has 0 unspecified atom stereocenters. The lowest BCUT2D eigenvalue weighted by Crippen LogP contribution is -2.14. The molecule has 14 heavy (non-hydrogen) atoms. The molecule has 1 aromatic rings. The van der Waals surface area contributed by atoms with Gasteiger partial charge in [0.15, 0.2) is 17.4 Å². The van der Waals surface area contributed by atoms with Crippen molar-refractivity contribution >= 4 is 17.2 Å². The average molecular weight is 221 g/mol. The highest BCUT2D eigenvalue weighted by Gasteiger charge is 2.20. The molecule has 0 aliphatic heterocycles. The van der Waals surface area contributed by atoms with E-state index in [2.05, 4.69) is 17.0 Å². The van der Waals surface area contributed by atoms with Gasteiger partial charge in [0.25, 0.3) is 0 Å². The summed E-state index contributed by atoms with van der Waals surface area (Å²) >= 11 is 4.45. The van der Waals surface area contributed by atoms with E-state index in [1.54, 1.807) is 0 Å². The molecule has 0 aromatic heterocycles. The van der Waals surface area contributed by atoms with Crippen LogP contribution in [0, 0.1) is 17.5 Å². The summed E-state index contributed by atoms with van der Waals surface area (Å²) in [6.45, 7) is 0. The quantitative estimate of drug-likeness (QED) is 0.610. The van der Waals surface area contributed by atoms with Crippen molar-refractivity contribution in [1.82, 2.24) is 0 Å². The van der Waals surface area contributed by atoms with Crippen molar-refractivity contribution in [2.45, 2.75) is 0 Å². The van der Waals surface area contributed by atoms with Crippen molar-refractivity contribution in [3.05, 3.63) is 29.1 Å². The molecule has 0 amide bonds. The van der Waals surface area contributed by atoms with E-state index in [4.69, 9.17) is 5.73 Å². The Morgan fingerprint density at radius 2 is 1.93 bits per heavy atom. The zero-order valence-corrected chi connectivity index (χ0v) is 7.92. The van der Waals surface area contributed by atoms with Gasteiger partial charge in [-0.3, -0.25) is 0 Å². The summed E-state index contributed by atoms with van der Waals surface area (Å²) in [6.07, 6.45) is 0. The van der Waals surface area contributed by atoms with E-state index in [1.165, 1.54) is 0 Å². The number of methoxy groups -OCH3 is 1. The van der Waals surface area contributed by atoms with E-state index in [1.807, 2.05) is 0 Å². The maximum atomic E-state index is 13.3. The Balaban J connectivity index is 3.50. The van der Waals surface area contributed by atoms with Crippen molar-refractivity contribution in [3.63, 3.8) is 0 Å². The van der Waals surface area contributed by atoms with Crippen molar-refractivity contribution < 1.29 is 17.9 Å². The van der Waals surface area contributed by atoms with E-state index in [0.29, 0.717) is 6.07 Å². The maximum Gasteiger partial charge on any atom is 0.203 e. The Morgan fingerprint density at radius 1 is 1.36 bits per heavy atom. The zero-order chi connectivity index (χ0) is 10.9. The maximum absolute atomic E-state index is 13.3. The molecule has 76 valence electrons. The predicted molar refractivity (Wildman–Crippen MR) is 48.8 cm³/mol. The summed E-state index contributed by atoms with van der Waals surface area (Å²) in [4.78, 5) is -0.361. The van der Waals surface area contributed by atoms with Gasteiger partial charge in [-0.1, -0.05) is 12.2 Å². The number of hydrogen-bond acceptors (Lipinski definition) is 2. The molecule has 0 saturated heterocycles. The van der Waals surface area contributed by atoms with E-state index in [-0.39, 0.29) is 10.6 Å². The average Bonchev–Trinajstić information content (AvgIpc) is 2.12. The molecule has 0 atom stereocenters. The first-order valence-corrected chi connectivity index (χ1v) is 3.91. The van der Waals surface area contributed by atoms with Gasteiger partial charge in [-0.2, -0.15) is 4.39 Å². The second-order valence-corrected chi connectivity index (χ2v) is 2.87. The summed E-state index contributed by atoms with van der Waals surface area (Å²) in [5, 5.41) is 0. The number of ether oxygens (including phenoxy) is 1. The molecule has 0 aliphatic carbocycles.